The molecule has 0 bridgehead atoms. The molecule has 1 N–H and O–H groups in total. The second kappa shape index (κ2) is 9.87. The molecule has 0 aromatic heterocycles. The zero-order chi connectivity index (χ0) is 19.9. The Hall–Kier alpha value is -2.14. The first-order valence-electron chi connectivity index (χ1n) is 9.78. The van der Waals surface area contributed by atoms with Gasteiger partial charge in [-0.1, -0.05) is 60.2 Å². The van der Waals surface area contributed by atoms with Gasteiger partial charge < -0.3 is 5.32 Å². The first-order chi connectivity index (χ1) is 13.5. The Labute approximate surface area is 172 Å². The quantitative estimate of drug-likeness (QED) is 0.789. The van der Waals surface area contributed by atoms with Crippen LogP contribution < -0.4 is 5.32 Å². The van der Waals surface area contributed by atoms with Crippen molar-refractivity contribution in [1.82, 2.24) is 9.80 Å². The van der Waals surface area contributed by atoms with Gasteiger partial charge in [0, 0.05) is 43.4 Å². The lowest BCUT2D eigenvalue weighted by Gasteiger charge is -2.37. The van der Waals surface area contributed by atoms with Crippen molar-refractivity contribution in [2.24, 2.45) is 0 Å². The van der Waals surface area contributed by atoms with Crippen LogP contribution >= 0.6 is 11.6 Å². The van der Waals surface area contributed by atoms with E-state index in [4.69, 9.17) is 11.6 Å². The number of hydrogen-bond donors (Lipinski definition) is 1. The predicted octanol–water partition coefficient (Wildman–Crippen LogP) is 4.31. The minimum absolute atomic E-state index is 0.0165. The molecule has 1 amide bonds. The summed E-state index contributed by atoms with van der Waals surface area (Å²) in [4.78, 5) is 17.3. The molecule has 1 aliphatic heterocycles. The molecule has 2 aromatic rings. The molecular weight excluding hydrogens is 370 g/mol. The standard InChI is InChI=1S/C23H28ClN3O/c1-18-10-11-21(24)17-22(18)25-23(28)19(2)27-15-13-26(14-16-27)12-6-9-20-7-4-3-5-8-20/h3-11,17,19H,12-16H2,1-2H3,(H,25,28)/b9-6+. The van der Waals surface area contributed by atoms with Crippen molar-refractivity contribution in [2.45, 2.75) is 19.9 Å². The molecule has 1 fully saturated rings. The van der Waals surface area contributed by atoms with Gasteiger partial charge in [0.2, 0.25) is 5.91 Å². The summed E-state index contributed by atoms with van der Waals surface area (Å²) < 4.78 is 0. The van der Waals surface area contributed by atoms with Crippen LogP contribution in [0, 0.1) is 6.92 Å². The number of aryl methyl sites for hydroxylation is 1. The SMILES string of the molecule is Cc1ccc(Cl)cc1NC(=O)C(C)N1CCN(C/C=C/c2ccccc2)CC1. The van der Waals surface area contributed by atoms with Gasteiger partial charge in [0.1, 0.15) is 0 Å². The van der Waals surface area contributed by atoms with Crippen molar-refractivity contribution in [3.8, 4) is 0 Å². The second-order valence-corrected chi connectivity index (χ2v) is 7.71. The maximum Gasteiger partial charge on any atom is 0.241 e. The highest BCUT2D eigenvalue weighted by Gasteiger charge is 2.25. The Balaban J connectivity index is 1.46. The van der Waals surface area contributed by atoms with Crippen molar-refractivity contribution in [3.63, 3.8) is 0 Å². The van der Waals surface area contributed by atoms with Gasteiger partial charge in [-0.3, -0.25) is 14.6 Å². The number of halogens is 1. The number of nitrogens with zero attached hydrogens (tertiary/aromatic N) is 2. The number of piperazine rings is 1. The van der Waals surface area contributed by atoms with Gasteiger partial charge in [-0.25, -0.2) is 0 Å². The molecule has 28 heavy (non-hydrogen) atoms. The summed E-state index contributed by atoms with van der Waals surface area (Å²) in [6, 6.07) is 15.7. The highest BCUT2D eigenvalue weighted by atomic mass is 35.5. The van der Waals surface area contributed by atoms with Gasteiger partial charge >= 0.3 is 0 Å². The van der Waals surface area contributed by atoms with Crippen molar-refractivity contribution >= 4 is 29.3 Å². The third-order valence-corrected chi connectivity index (χ3v) is 5.50. The molecule has 3 rings (SSSR count). The molecule has 0 spiro atoms. The first kappa shape index (κ1) is 20.6. The average Bonchev–Trinajstić information content (AvgIpc) is 2.71. The third-order valence-electron chi connectivity index (χ3n) is 5.27. The van der Waals surface area contributed by atoms with Crippen LogP contribution in [0.5, 0.6) is 0 Å². The molecule has 0 radical (unpaired) electrons. The molecule has 0 saturated carbocycles. The zero-order valence-electron chi connectivity index (χ0n) is 16.6. The highest BCUT2D eigenvalue weighted by Crippen LogP contribution is 2.21. The van der Waals surface area contributed by atoms with Crippen LogP contribution in [0.25, 0.3) is 6.08 Å². The van der Waals surface area contributed by atoms with E-state index in [2.05, 4.69) is 51.5 Å². The molecule has 1 heterocycles. The Morgan fingerprint density at radius 2 is 1.86 bits per heavy atom. The number of benzene rings is 2. The second-order valence-electron chi connectivity index (χ2n) is 7.27. The molecule has 0 aliphatic carbocycles. The summed E-state index contributed by atoms with van der Waals surface area (Å²) in [5.41, 5.74) is 3.02. The van der Waals surface area contributed by atoms with E-state index in [1.165, 1.54) is 5.56 Å². The maximum absolute atomic E-state index is 12.7. The Kier molecular flexibility index (Phi) is 7.26. The van der Waals surface area contributed by atoms with Crippen LogP contribution in [0.1, 0.15) is 18.1 Å². The number of hydrogen-bond acceptors (Lipinski definition) is 3. The van der Waals surface area contributed by atoms with Gasteiger partial charge in [-0.15, -0.1) is 0 Å². The number of carbonyl (C=O) groups excluding carboxylic acids is 1. The largest absolute Gasteiger partial charge is 0.324 e. The van der Waals surface area contributed by atoms with Crippen LogP contribution in [0.15, 0.2) is 54.6 Å². The van der Waals surface area contributed by atoms with E-state index in [0.29, 0.717) is 5.02 Å². The normalized spacial score (nSPS) is 17.0. The van der Waals surface area contributed by atoms with Gasteiger partial charge in [-0.2, -0.15) is 0 Å². The van der Waals surface area contributed by atoms with E-state index >= 15 is 0 Å². The molecular formula is C23H28ClN3O. The molecule has 5 heteroatoms. The lowest BCUT2D eigenvalue weighted by Crippen LogP contribution is -2.52. The van der Waals surface area contributed by atoms with E-state index in [1.807, 2.05) is 32.0 Å². The van der Waals surface area contributed by atoms with Crippen molar-refractivity contribution < 1.29 is 4.79 Å². The third kappa shape index (κ3) is 5.68. The molecule has 1 aliphatic rings. The first-order valence-corrected chi connectivity index (χ1v) is 10.2. The fourth-order valence-electron chi connectivity index (χ4n) is 3.37. The van der Waals surface area contributed by atoms with Crippen LogP contribution in [0.2, 0.25) is 5.02 Å². The van der Waals surface area contributed by atoms with E-state index in [9.17, 15) is 4.79 Å². The lowest BCUT2D eigenvalue weighted by molar-refractivity contribution is -0.121. The Morgan fingerprint density at radius 1 is 1.14 bits per heavy atom. The van der Waals surface area contributed by atoms with Gasteiger partial charge in [0.15, 0.2) is 0 Å². The lowest BCUT2D eigenvalue weighted by atomic mass is 10.1. The van der Waals surface area contributed by atoms with Gasteiger partial charge in [0.25, 0.3) is 0 Å². The minimum Gasteiger partial charge on any atom is -0.324 e. The molecule has 2 aromatic carbocycles. The summed E-state index contributed by atoms with van der Waals surface area (Å²) in [6.07, 6.45) is 4.37. The van der Waals surface area contributed by atoms with Crippen LogP contribution in [-0.2, 0) is 4.79 Å². The fourth-order valence-corrected chi connectivity index (χ4v) is 3.54. The zero-order valence-corrected chi connectivity index (χ0v) is 17.3. The van der Waals surface area contributed by atoms with Crippen LogP contribution in [-0.4, -0.2) is 54.5 Å². The summed E-state index contributed by atoms with van der Waals surface area (Å²) in [5, 5.41) is 3.65. The van der Waals surface area contributed by atoms with E-state index < -0.39 is 0 Å². The Bertz CT molecular complexity index is 814. The van der Waals surface area contributed by atoms with Crippen LogP contribution in [0.4, 0.5) is 5.69 Å². The summed E-state index contributed by atoms with van der Waals surface area (Å²) in [7, 11) is 0. The molecule has 1 unspecified atom stereocenters. The number of rotatable bonds is 6. The number of carbonyl (C=O) groups is 1. The smallest absolute Gasteiger partial charge is 0.241 e. The number of anilines is 1. The summed E-state index contributed by atoms with van der Waals surface area (Å²) in [6.45, 7) is 8.59. The average molecular weight is 398 g/mol. The maximum atomic E-state index is 12.7. The minimum atomic E-state index is -0.166. The summed E-state index contributed by atoms with van der Waals surface area (Å²) >= 11 is 6.05. The van der Waals surface area contributed by atoms with Gasteiger partial charge in [0.05, 0.1) is 6.04 Å². The topological polar surface area (TPSA) is 35.6 Å². The van der Waals surface area contributed by atoms with Crippen molar-refractivity contribution in [1.29, 1.82) is 0 Å². The highest BCUT2D eigenvalue weighted by molar-refractivity contribution is 6.31. The molecule has 1 atom stereocenters. The summed E-state index contributed by atoms with van der Waals surface area (Å²) in [5.74, 6) is 0.0165. The van der Waals surface area contributed by atoms with E-state index in [-0.39, 0.29) is 11.9 Å². The van der Waals surface area contributed by atoms with Crippen molar-refractivity contribution in [3.05, 3.63) is 70.8 Å². The Morgan fingerprint density at radius 3 is 2.57 bits per heavy atom. The van der Waals surface area contributed by atoms with Crippen molar-refractivity contribution in [2.75, 3.05) is 38.0 Å². The predicted molar refractivity (Wildman–Crippen MR) is 118 cm³/mol. The number of amides is 1. The monoisotopic (exact) mass is 397 g/mol. The number of nitrogens with one attached hydrogen (secondary N) is 1. The van der Waals surface area contributed by atoms with Gasteiger partial charge in [-0.05, 0) is 37.1 Å². The molecule has 1 saturated heterocycles. The van der Waals surface area contributed by atoms with E-state index in [0.717, 1.165) is 44.0 Å². The molecule has 4 nitrogen and oxygen atoms in total. The van der Waals surface area contributed by atoms with E-state index in [1.54, 1.807) is 6.07 Å². The van der Waals surface area contributed by atoms with Crippen LogP contribution in [0.3, 0.4) is 0 Å². The fraction of sp³-hybridized carbons (Fsp3) is 0.348. The molecule has 148 valence electrons.